The first-order chi connectivity index (χ1) is 6.63. The molecule has 0 fully saturated rings. The predicted molar refractivity (Wildman–Crippen MR) is 63.8 cm³/mol. The second-order valence-corrected chi connectivity index (χ2v) is 3.33. The summed E-state index contributed by atoms with van der Waals surface area (Å²) in [5.74, 6) is -0.292. The quantitative estimate of drug-likeness (QED) is 0.838. The Morgan fingerprint density at radius 3 is 2.40 bits per heavy atom. The molecule has 0 aliphatic heterocycles. The molecule has 84 valence electrons. The summed E-state index contributed by atoms with van der Waals surface area (Å²) in [6, 6.07) is 6.77. The Hall–Kier alpha value is -0.930. The van der Waals surface area contributed by atoms with E-state index in [0.29, 0.717) is 5.02 Å². The van der Waals surface area contributed by atoms with Gasteiger partial charge in [0.05, 0.1) is 7.11 Å². The average molecular weight is 250 g/mol. The van der Waals surface area contributed by atoms with Crippen molar-refractivity contribution >= 4 is 35.7 Å². The largest absolute Gasteiger partial charge is 0.467 e. The molecule has 15 heavy (non-hydrogen) atoms. The molecule has 1 atom stereocenters. The molecule has 0 aliphatic rings. The van der Waals surface area contributed by atoms with E-state index in [1.165, 1.54) is 7.11 Å². The number of anilines is 1. The summed E-state index contributed by atoms with van der Waals surface area (Å²) in [7, 11) is 1.36. The number of hydrogen-bond acceptors (Lipinski definition) is 3. The van der Waals surface area contributed by atoms with Crippen LogP contribution in [0.1, 0.15) is 6.92 Å². The average Bonchev–Trinajstić information content (AvgIpc) is 2.20. The molecule has 0 saturated heterocycles. The van der Waals surface area contributed by atoms with E-state index in [0.717, 1.165) is 5.69 Å². The Labute approximate surface area is 100 Å². The van der Waals surface area contributed by atoms with Crippen molar-refractivity contribution in [2.45, 2.75) is 13.0 Å². The van der Waals surface area contributed by atoms with Crippen LogP contribution in [0, 0.1) is 0 Å². The minimum absolute atomic E-state index is 0. The van der Waals surface area contributed by atoms with Gasteiger partial charge < -0.3 is 10.1 Å². The Kier molecular flexibility index (Phi) is 6.13. The van der Waals surface area contributed by atoms with Crippen LogP contribution in [0.25, 0.3) is 0 Å². The van der Waals surface area contributed by atoms with Crippen LogP contribution >= 0.6 is 24.0 Å². The summed E-state index contributed by atoms with van der Waals surface area (Å²) in [6.07, 6.45) is 0. The maximum atomic E-state index is 11.1. The molecule has 0 aliphatic carbocycles. The lowest BCUT2D eigenvalue weighted by Crippen LogP contribution is -2.26. The van der Waals surface area contributed by atoms with E-state index in [1.807, 2.05) is 12.1 Å². The van der Waals surface area contributed by atoms with E-state index < -0.39 is 0 Å². The van der Waals surface area contributed by atoms with Crippen molar-refractivity contribution in [2.24, 2.45) is 0 Å². The van der Waals surface area contributed by atoms with Crippen LogP contribution in [0.2, 0.25) is 5.02 Å². The number of nitrogens with one attached hydrogen (secondary N) is 1. The summed E-state index contributed by atoms with van der Waals surface area (Å²) < 4.78 is 4.58. The van der Waals surface area contributed by atoms with Gasteiger partial charge in [-0.3, -0.25) is 0 Å². The molecule has 0 aromatic heterocycles. The summed E-state index contributed by atoms with van der Waals surface area (Å²) in [6.45, 7) is 1.74. The highest BCUT2D eigenvalue weighted by Gasteiger charge is 2.11. The highest BCUT2D eigenvalue weighted by molar-refractivity contribution is 6.30. The maximum Gasteiger partial charge on any atom is 0.327 e. The van der Waals surface area contributed by atoms with Gasteiger partial charge in [-0.25, -0.2) is 4.79 Å². The molecule has 1 rings (SSSR count). The zero-order valence-corrected chi connectivity index (χ0v) is 10.1. The lowest BCUT2D eigenvalue weighted by molar-refractivity contribution is -0.141. The van der Waals surface area contributed by atoms with E-state index in [-0.39, 0.29) is 24.4 Å². The molecule has 0 saturated carbocycles. The van der Waals surface area contributed by atoms with Crippen molar-refractivity contribution in [1.29, 1.82) is 0 Å². The minimum Gasteiger partial charge on any atom is -0.467 e. The summed E-state index contributed by atoms with van der Waals surface area (Å²) >= 11 is 5.72. The van der Waals surface area contributed by atoms with Gasteiger partial charge in [-0.2, -0.15) is 0 Å². The van der Waals surface area contributed by atoms with Gasteiger partial charge in [0.25, 0.3) is 0 Å². The Bertz CT molecular complexity index is 314. The highest BCUT2D eigenvalue weighted by Crippen LogP contribution is 2.14. The second-order valence-electron chi connectivity index (χ2n) is 2.90. The molecule has 0 spiro atoms. The van der Waals surface area contributed by atoms with Gasteiger partial charge in [-0.05, 0) is 31.2 Å². The zero-order valence-electron chi connectivity index (χ0n) is 8.49. The van der Waals surface area contributed by atoms with E-state index in [4.69, 9.17) is 11.6 Å². The van der Waals surface area contributed by atoms with Crippen LogP contribution in [0.15, 0.2) is 24.3 Å². The first-order valence-electron chi connectivity index (χ1n) is 4.23. The van der Waals surface area contributed by atoms with Gasteiger partial charge in [0.2, 0.25) is 0 Å². The van der Waals surface area contributed by atoms with Crippen LogP contribution in [0.5, 0.6) is 0 Å². The topological polar surface area (TPSA) is 38.3 Å². The fraction of sp³-hybridized carbons (Fsp3) is 0.300. The third-order valence-corrected chi connectivity index (χ3v) is 2.03. The lowest BCUT2D eigenvalue weighted by atomic mass is 10.2. The van der Waals surface area contributed by atoms with Crippen molar-refractivity contribution < 1.29 is 9.53 Å². The lowest BCUT2D eigenvalue weighted by Gasteiger charge is -2.12. The molecule has 3 nitrogen and oxygen atoms in total. The molecule has 0 unspecified atom stereocenters. The SMILES string of the molecule is COC(=O)[C@H](C)Nc1ccc(Cl)cc1.Cl. The number of carbonyl (C=O) groups excluding carboxylic acids is 1. The molecule has 1 N–H and O–H groups in total. The van der Waals surface area contributed by atoms with E-state index in [9.17, 15) is 4.79 Å². The van der Waals surface area contributed by atoms with Crippen molar-refractivity contribution in [3.63, 3.8) is 0 Å². The van der Waals surface area contributed by atoms with Crippen molar-refractivity contribution in [3.05, 3.63) is 29.3 Å². The summed E-state index contributed by atoms with van der Waals surface area (Å²) in [4.78, 5) is 11.1. The van der Waals surface area contributed by atoms with Crippen LogP contribution in [-0.2, 0) is 9.53 Å². The van der Waals surface area contributed by atoms with E-state index in [2.05, 4.69) is 10.1 Å². The fourth-order valence-corrected chi connectivity index (χ4v) is 1.16. The van der Waals surface area contributed by atoms with Crippen molar-refractivity contribution in [2.75, 3.05) is 12.4 Å². The highest BCUT2D eigenvalue weighted by atomic mass is 35.5. The van der Waals surface area contributed by atoms with Gasteiger partial charge in [-0.1, -0.05) is 11.6 Å². The molecule has 0 amide bonds. The predicted octanol–water partition coefficient (Wildman–Crippen LogP) is 2.74. The first kappa shape index (κ1) is 14.1. The van der Waals surface area contributed by atoms with Gasteiger partial charge in [0.1, 0.15) is 6.04 Å². The van der Waals surface area contributed by atoms with Crippen LogP contribution < -0.4 is 5.32 Å². The number of ether oxygens (including phenoxy) is 1. The number of rotatable bonds is 3. The van der Waals surface area contributed by atoms with Crippen LogP contribution in [0.3, 0.4) is 0 Å². The number of halogens is 2. The van der Waals surface area contributed by atoms with Gasteiger partial charge in [-0.15, -0.1) is 12.4 Å². The van der Waals surface area contributed by atoms with Gasteiger partial charge >= 0.3 is 5.97 Å². The molecule has 1 aromatic carbocycles. The first-order valence-corrected chi connectivity index (χ1v) is 4.61. The number of methoxy groups -OCH3 is 1. The van der Waals surface area contributed by atoms with E-state index >= 15 is 0 Å². The van der Waals surface area contributed by atoms with E-state index in [1.54, 1.807) is 19.1 Å². The second kappa shape index (κ2) is 6.53. The number of benzene rings is 1. The number of carbonyl (C=O) groups is 1. The Morgan fingerprint density at radius 2 is 1.93 bits per heavy atom. The molecule has 5 heteroatoms. The van der Waals surface area contributed by atoms with Crippen LogP contribution in [-0.4, -0.2) is 19.1 Å². The van der Waals surface area contributed by atoms with Crippen molar-refractivity contribution in [1.82, 2.24) is 0 Å². The normalized spacial score (nSPS) is 11.1. The third-order valence-electron chi connectivity index (χ3n) is 1.78. The third kappa shape index (κ3) is 4.40. The molecular formula is C10H13Cl2NO2. The maximum absolute atomic E-state index is 11.1. The fourth-order valence-electron chi connectivity index (χ4n) is 1.03. The molecule has 0 heterocycles. The minimum atomic E-state index is -0.360. The van der Waals surface area contributed by atoms with Gasteiger partial charge in [0, 0.05) is 10.7 Å². The number of hydrogen-bond donors (Lipinski definition) is 1. The molecule has 1 aromatic rings. The Morgan fingerprint density at radius 1 is 1.40 bits per heavy atom. The Balaban J connectivity index is 0.00000196. The number of esters is 1. The summed E-state index contributed by atoms with van der Waals surface area (Å²) in [5, 5.41) is 3.65. The summed E-state index contributed by atoms with van der Waals surface area (Å²) in [5.41, 5.74) is 0.840. The molecule has 0 bridgehead atoms. The van der Waals surface area contributed by atoms with Crippen molar-refractivity contribution in [3.8, 4) is 0 Å². The van der Waals surface area contributed by atoms with Gasteiger partial charge in [0.15, 0.2) is 0 Å². The monoisotopic (exact) mass is 249 g/mol. The molecular weight excluding hydrogens is 237 g/mol. The molecule has 0 radical (unpaired) electrons. The van der Waals surface area contributed by atoms with Crippen LogP contribution in [0.4, 0.5) is 5.69 Å². The zero-order chi connectivity index (χ0) is 10.6. The standard InChI is InChI=1S/C10H12ClNO2.ClH/c1-7(10(13)14-2)12-9-5-3-8(11)4-6-9;/h3-7,12H,1-2H3;1H/t7-;/m0./s1. The smallest absolute Gasteiger partial charge is 0.327 e.